The normalized spacial score (nSPS) is 14.1. The van der Waals surface area contributed by atoms with Crippen LogP contribution in [-0.2, 0) is 6.54 Å². The number of amides is 2. The zero-order chi connectivity index (χ0) is 24.8. The van der Waals surface area contributed by atoms with Gasteiger partial charge in [0.05, 0.1) is 12.5 Å². The Morgan fingerprint density at radius 3 is 2.17 bits per heavy atom. The van der Waals surface area contributed by atoms with E-state index in [1.165, 1.54) is 11.1 Å². The molecule has 35 heavy (non-hydrogen) atoms. The summed E-state index contributed by atoms with van der Waals surface area (Å²) in [5.74, 6) is -0.398. The molecule has 6 nitrogen and oxygen atoms in total. The molecule has 0 unspecified atom stereocenters. The molecular formula is C29H33N3O3. The van der Waals surface area contributed by atoms with E-state index in [4.69, 9.17) is 10.2 Å². The molecule has 1 aromatic heterocycles. The maximum atomic E-state index is 12.8. The van der Waals surface area contributed by atoms with Crippen molar-refractivity contribution in [2.75, 3.05) is 26.2 Å². The minimum absolute atomic E-state index is 0.0408. The summed E-state index contributed by atoms with van der Waals surface area (Å²) in [5, 5.41) is 0. The number of primary amides is 1. The van der Waals surface area contributed by atoms with E-state index in [2.05, 4.69) is 4.90 Å². The number of hydrogen-bond donors (Lipinski definition) is 1. The van der Waals surface area contributed by atoms with Gasteiger partial charge >= 0.3 is 0 Å². The second-order valence-electron chi connectivity index (χ2n) is 8.89. The highest BCUT2D eigenvalue weighted by atomic mass is 16.3. The first kappa shape index (κ1) is 24.5. The summed E-state index contributed by atoms with van der Waals surface area (Å²) in [6, 6.07) is 17.4. The van der Waals surface area contributed by atoms with Crippen molar-refractivity contribution in [3.63, 3.8) is 0 Å². The van der Waals surface area contributed by atoms with E-state index in [1.54, 1.807) is 18.6 Å². The summed E-state index contributed by atoms with van der Waals surface area (Å²) < 4.78 is 5.22. The molecule has 0 aliphatic carbocycles. The van der Waals surface area contributed by atoms with Gasteiger partial charge in [0.15, 0.2) is 0 Å². The van der Waals surface area contributed by atoms with Crippen LogP contribution in [0.3, 0.4) is 0 Å². The van der Waals surface area contributed by atoms with E-state index in [1.807, 2.05) is 67.3 Å². The number of nitrogens with zero attached hydrogens (tertiary/aromatic N) is 2. The molecule has 0 atom stereocenters. The molecule has 2 N–H and O–H groups in total. The van der Waals surface area contributed by atoms with Gasteiger partial charge in [0.25, 0.3) is 5.91 Å². The molecule has 2 amide bonds. The zero-order valence-corrected chi connectivity index (χ0v) is 20.5. The number of benzene rings is 2. The fraction of sp³-hybridized carbons (Fsp3) is 0.310. The van der Waals surface area contributed by atoms with Crippen molar-refractivity contribution >= 4 is 17.4 Å². The third kappa shape index (κ3) is 5.72. The second-order valence-corrected chi connectivity index (χ2v) is 8.89. The van der Waals surface area contributed by atoms with Crippen molar-refractivity contribution in [2.45, 2.75) is 33.2 Å². The third-order valence-corrected chi connectivity index (χ3v) is 6.71. The molecule has 1 fully saturated rings. The Labute approximate surface area is 207 Å². The van der Waals surface area contributed by atoms with Gasteiger partial charge in [0.1, 0.15) is 0 Å². The fourth-order valence-electron chi connectivity index (χ4n) is 4.75. The average molecular weight is 472 g/mol. The van der Waals surface area contributed by atoms with Crippen LogP contribution >= 0.6 is 0 Å². The van der Waals surface area contributed by atoms with Gasteiger partial charge in [-0.2, -0.15) is 0 Å². The molecule has 3 aromatic rings. The van der Waals surface area contributed by atoms with E-state index < -0.39 is 5.91 Å². The van der Waals surface area contributed by atoms with Crippen LogP contribution in [0.5, 0.6) is 0 Å². The van der Waals surface area contributed by atoms with Crippen LogP contribution < -0.4 is 5.73 Å². The summed E-state index contributed by atoms with van der Waals surface area (Å²) in [7, 11) is 0. The molecule has 0 bridgehead atoms. The van der Waals surface area contributed by atoms with Gasteiger partial charge in [0, 0.05) is 49.4 Å². The number of hydrogen-bond acceptors (Lipinski definition) is 4. The quantitative estimate of drug-likeness (QED) is 0.504. The zero-order valence-electron chi connectivity index (χ0n) is 20.5. The number of rotatable bonds is 8. The Hall–Kier alpha value is -3.64. The largest absolute Gasteiger partial charge is 0.472 e. The van der Waals surface area contributed by atoms with Gasteiger partial charge in [0.2, 0.25) is 5.91 Å². The number of carbonyl (C=O) groups is 2. The van der Waals surface area contributed by atoms with Crippen molar-refractivity contribution < 1.29 is 14.0 Å². The maximum Gasteiger partial charge on any atom is 0.253 e. The van der Waals surface area contributed by atoms with Crippen LogP contribution in [0.25, 0.3) is 5.57 Å². The van der Waals surface area contributed by atoms with E-state index in [0.29, 0.717) is 24.2 Å². The lowest BCUT2D eigenvalue weighted by Crippen LogP contribution is -2.30. The molecule has 0 spiro atoms. The highest BCUT2D eigenvalue weighted by Gasteiger charge is 2.21. The fourth-order valence-corrected chi connectivity index (χ4v) is 4.75. The Kier molecular flexibility index (Phi) is 7.83. The van der Waals surface area contributed by atoms with Gasteiger partial charge < -0.3 is 15.1 Å². The predicted octanol–water partition coefficient (Wildman–Crippen LogP) is 4.96. The lowest BCUT2D eigenvalue weighted by atomic mass is 9.87. The minimum Gasteiger partial charge on any atom is -0.472 e. The molecule has 6 heteroatoms. The first-order valence-electron chi connectivity index (χ1n) is 12.3. The summed E-state index contributed by atoms with van der Waals surface area (Å²) >= 11 is 0. The summed E-state index contributed by atoms with van der Waals surface area (Å²) in [6.07, 6.45) is 5.36. The third-order valence-electron chi connectivity index (χ3n) is 6.71. The highest BCUT2D eigenvalue weighted by Crippen LogP contribution is 2.33. The van der Waals surface area contributed by atoms with E-state index >= 15 is 0 Å². The number of nitrogens with two attached hydrogens (primary N) is 1. The van der Waals surface area contributed by atoms with E-state index in [-0.39, 0.29) is 5.91 Å². The van der Waals surface area contributed by atoms with Crippen LogP contribution in [0.15, 0.2) is 77.1 Å². The average Bonchev–Trinajstić information content (AvgIpc) is 3.39. The van der Waals surface area contributed by atoms with Gasteiger partial charge in [-0.3, -0.25) is 14.5 Å². The molecule has 2 heterocycles. The first-order valence-corrected chi connectivity index (χ1v) is 12.3. The molecule has 1 saturated heterocycles. The number of likely N-dealkylation sites (tertiary alicyclic amines) is 1. The first-order chi connectivity index (χ1) is 17.0. The highest BCUT2D eigenvalue weighted by molar-refractivity contribution is 5.96. The molecular weight excluding hydrogens is 438 g/mol. The van der Waals surface area contributed by atoms with Gasteiger partial charge in [-0.1, -0.05) is 29.8 Å². The van der Waals surface area contributed by atoms with Crippen molar-refractivity contribution in [2.24, 2.45) is 5.73 Å². The maximum absolute atomic E-state index is 12.8. The van der Waals surface area contributed by atoms with Crippen molar-refractivity contribution in [1.29, 1.82) is 0 Å². The Bertz CT molecular complexity index is 1180. The van der Waals surface area contributed by atoms with Gasteiger partial charge in [-0.25, -0.2) is 0 Å². The molecule has 2 aromatic carbocycles. The summed E-state index contributed by atoms with van der Waals surface area (Å²) in [5.41, 5.74) is 12.4. The van der Waals surface area contributed by atoms with Crippen molar-refractivity contribution in [1.82, 2.24) is 9.80 Å². The van der Waals surface area contributed by atoms with Crippen LogP contribution in [0, 0.1) is 0 Å². The standard InChI is InChI=1S/C29H33N3O3/c1-3-32(4-2)29(34)24-10-8-22(9-11-24)27(25-6-5-7-26(18-25)28(30)33)23-12-15-31(16-13-23)19-21-14-17-35-20-21/h5-11,14,17-18,20H,3-4,12-13,15-16,19H2,1-2H3,(H2,30,33). The van der Waals surface area contributed by atoms with E-state index in [0.717, 1.165) is 49.2 Å². The minimum atomic E-state index is -0.439. The molecule has 4 rings (SSSR count). The molecule has 0 saturated carbocycles. The predicted molar refractivity (Wildman–Crippen MR) is 138 cm³/mol. The smallest absolute Gasteiger partial charge is 0.253 e. The lowest BCUT2D eigenvalue weighted by molar-refractivity contribution is 0.0772. The second kappa shape index (κ2) is 11.2. The van der Waals surface area contributed by atoms with Gasteiger partial charge in [-0.15, -0.1) is 0 Å². The molecule has 1 aliphatic rings. The van der Waals surface area contributed by atoms with Crippen molar-refractivity contribution in [3.8, 4) is 0 Å². The van der Waals surface area contributed by atoms with Crippen LogP contribution in [0.2, 0.25) is 0 Å². The van der Waals surface area contributed by atoms with Crippen LogP contribution in [-0.4, -0.2) is 47.8 Å². The van der Waals surface area contributed by atoms with Crippen LogP contribution in [0.1, 0.15) is 64.1 Å². The Morgan fingerprint density at radius 1 is 0.914 bits per heavy atom. The number of piperidine rings is 1. The number of carbonyl (C=O) groups excluding carboxylic acids is 2. The van der Waals surface area contributed by atoms with Crippen LogP contribution in [0.4, 0.5) is 0 Å². The Balaban J connectivity index is 1.66. The number of furan rings is 1. The topological polar surface area (TPSA) is 79.8 Å². The molecule has 1 aliphatic heterocycles. The summed E-state index contributed by atoms with van der Waals surface area (Å²) in [4.78, 5) is 28.9. The lowest BCUT2D eigenvalue weighted by Gasteiger charge is -2.30. The Morgan fingerprint density at radius 2 is 1.57 bits per heavy atom. The molecule has 0 radical (unpaired) electrons. The van der Waals surface area contributed by atoms with Gasteiger partial charge in [-0.05, 0) is 73.7 Å². The SMILES string of the molecule is CCN(CC)C(=O)c1ccc(C(=C2CCN(Cc3ccoc3)CC2)c2cccc(C(N)=O)c2)cc1. The molecule has 182 valence electrons. The monoisotopic (exact) mass is 471 g/mol. The van der Waals surface area contributed by atoms with Crippen molar-refractivity contribution in [3.05, 3.63) is 101 Å². The summed E-state index contributed by atoms with van der Waals surface area (Å²) in [6.45, 7) is 8.10. The van der Waals surface area contributed by atoms with E-state index in [9.17, 15) is 9.59 Å².